The normalized spacial score (nSPS) is 11.5. The van der Waals surface area contributed by atoms with E-state index in [2.05, 4.69) is 61.5 Å². The molecule has 24 heavy (non-hydrogen) atoms. The van der Waals surface area contributed by atoms with Gasteiger partial charge in [-0.3, -0.25) is 0 Å². The smallest absolute Gasteiger partial charge is 0.0181 e. The molecule has 0 saturated heterocycles. The molecule has 0 atom stereocenters. The molecule has 0 radical (unpaired) electrons. The van der Waals surface area contributed by atoms with Gasteiger partial charge < -0.3 is 0 Å². The molecule has 2 aromatic rings. The summed E-state index contributed by atoms with van der Waals surface area (Å²) in [4.78, 5) is 0. The Hall–Kier alpha value is -1.56. The van der Waals surface area contributed by atoms with Crippen molar-refractivity contribution in [2.24, 2.45) is 0 Å². The Kier molecular flexibility index (Phi) is 9.31. The van der Waals surface area contributed by atoms with Gasteiger partial charge in [0.2, 0.25) is 0 Å². The lowest BCUT2D eigenvalue weighted by Gasteiger charge is -2.04. The van der Waals surface area contributed by atoms with Crippen LogP contribution in [-0.4, -0.2) is 0 Å². The fourth-order valence-corrected chi connectivity index (χ4v) is 3.26. The second-order valence-corrected chi connectivity index (χ2v) is 6.96. The van der Waals surface area contributed by atoms with E-state index in [9.17, 15) is 0 Å². The van der Waals surface area contributed by atoms with Crippen LogP contribution in [0.15, 0.2) is 54.6 Å². The van der Waals surface area contributed by atoms with Gasteiger partial charge in [0.05, 0.1) is 0 Å². The molecule has 2 rings (SSSR count). The molecule has 0 spiro atoms. The largest absolute Gasteiger partial charge is 0.0885 e. The van der Waals surface area contributed by atoms with Crippen LogP contribution >= 0.6 is 0 Å². The highest BCUT2D eigenvalue weighted by molar-refractivity contribution is 5.82. The molecule has 0 nitrogen and oxygen atoms in total. The van der Waals surface area contributed by atoms with Crippen LogP contribution in [0.1, 0.15) is 76.7 Å². The monoisotopic (exact) mass is 322 g/mol. The second kappa shape index (κ2) is 11.9. The number of aryl methyl sites for hydroxylation is 1. The molecule has 0 fully saturated rings. The lowest BCUT2D eigenvalue weighted by Crippen LogP contribution is -1.86. The molecule has 0 aliphatic heterocycles. The summed E-state index contributed by atoms with van der Waals surface area (Å²) >= 11 is 0. The summed E-state index contributed by atoms with van der Waals surface area (Å²) < 4.78 is 0. The van der Waals surface area contributed by atoms with Crippen molar-refractivity contribution >= 4 is 10.8 Å². The van der Waals surface area contributed by atoms with Crippen LogP contribution < -0.4 is 0 Å². The van der Waals surface area contributed by atoms with Crippen LogP contribution in [0.4, 0.5) is 0 Å². The van der Waals surface area contributed by atoms with Gasteiger partial charge >= 0.3 is 0 Å². The van der Waals surface area contributed by atoms with E-state index in [1.54, 1.807) is 0 Å². The van der Waals surface area contributed by atoms with E-state index in [1.807, 2.05) is 0 Å². The molecule has 0 N–H and O–H groups in total. The van der Waals surface area contributed by atoms with Crippen LogP contribution in [0.2, 0.25) is 0 Å². The highest BCUT2D eigenvalue weighted by Crippen LogP contribution is 2.17. The number of rotatable bonds is 12. The Bertz CT molecular complexity index is 594. The van der Waals surface area contributed by atoms with E-state index in [1.165, 1.54) is 87.0 Å². The van der Waals surface area contributed by atoms with Gasteiger partial charge in [0.15, 0.2) is 0 Å². The van der Waals surface area contributed by atoms with Gasteiger partial charge in [-0.25, -0.2) is 0 Å². The minimum absolute atomic E-state index is 1.22. The van der Waals surface area contributed by atoms with Crippen molar-refractivity contribution in [2.45, 2.75) is 77.6 Å². The first-order chi connectivity index (χ1) is 11.9. The van der Waals surface area contributed by atoms with Crippen molar-refractivity contribution in [3.63, 3.8) is 0 Å². The molecule has 0 amide bonds. The van der Waals surface area contributed by atoms with Crippen molar-refractivity contribution < 1.29 is 0 Å². The molecule has 2 aromatic carbocycles. The van der Waals surface area contributed by atoms with Gasteiger partial charge in [0, 0.05) is 0 Å². The molecule has 0 aliphatic rings. The molecular formula is C24H34. The van der Waals surface area contributed by atoms with Gasteiger partial charge in [-0.2, -0.15) is 0 Å². The zero-order valence-electron chi connectivity index (χ0n) is 15.5. The zero-order chi connectivity index (χ0) is 16.9. The summed E-state index contributed by atoms with van der Waals surface area (Å²) in [5, 5.41) is 2.73. The summed E-state index contributed by atoms with van der Waals surface area (Å²) in [6.07, 6.45) is 19.4. The van der Waals surface area contributed by atoms with E-state index in [-0.39, 0.29) is 0 Å². The van der Waals surface area contributed by atoms with Crippen LogP contribution in [0.5, 0.6) is 0 Å². The second-order valence-electron chi connectivity index (χ2n) is 6.96. The maximum absolute atomic E-state index is 2.39. The van der Waals surface area contributed by atoms with E-state index in [4.69, 9.17) is 0 Å². The quantitative estimate of drug-likeness (QED) is 0.275. The maximum Gasteiger partial charge on any atom is -0.0181 e. The third-order valence-corrected chi connectivity index (χ3v) is 4.79. The lowest BCUT2D eigenvalue weighted by molar-refractivity contribution is 0.617. The number of fused-ring (bicyclic) bond motifs is 1. The Labute approximate surface area is 149 Å². The van der Waals surface area contributed by atoms with Crippen LogP contribution in [0.25, 0.3) is 10.8 Å². The fourth-order valence-electron chi connectivity index (χ4n) is 3.26. The van der Waals surface area contributed by atoms with Gasteiger partial charge in [-0.1, -0.05) is 93.6 Å². The summed E-state index contributed by atoms with van der Waals surface area (Å²) in [5.41, 5.74) is 1.49. The molecule has 0 heteroatoms. The number of allylic oxidation sites excluding steroid dienone is 2. The van der Waals surface area contributed by atoms with Gasteiger partial charge in [0.25, 0.3) is 0 Å². The van der Waals surface area contributed by atoms with Crippen LogP contribution in [-0.2, 0) is 6.42 Å². The summed E-state index contributed by atoms with van der Waals surface area (Å²) in [7, 11) is 0. The number of hydrogen-bond acceptors (Lipinski definition) is 0. The lowest BCUT2D eigenvalue weighted by atomic mass is 10.0. The Morgan fingerprint density at radius 1 is 0.667 bits per heavy atom. The standard InChI is InChI=1S/C24H34/c1-2-3-4-5-6-7-8-9-10-11-12-13-16-22-19-20-23-17-14-15-18-24(23)21-22/h6-7,14-15,17-21H,2-5,8-13,16H2,1H3/b7-6+. The predicted molar refractivity (Wildman–Crippen MR) is 109 cm³/mol. The van der Waals surface area contributed by atoms with Crippen molar-refractivity contribution in [1.82, 2.24) is 0 Å². The highest BCUT2D eigenvalue weighted by Gasteiger charge is 1.97. The summed E-state index contributed by atoms with van der Waals surface area (Å²) in [5.74, 6) is 0. The minimum Gasteiger partial charge on any atom is -0.0885 e. The first kappa shape index (κ1) is 18.8. The number of unbranched alkanes of at least 4 members (excludes halogenated alkanes) is 8. The predicted octanol–water partition coefficient (Wildman–Crippen LogP) is 7.86. The van der Waals surface area contributed by atoms with Crippen molar-refractivity contribution in [3.05, 3.63) is 60.2 Å². The van der Waals surface area contributed by atoms with E-state index in [0.29, 0.717) is 0 Å². The average molecular weight is 323 g/mol. The fraction of sp³-hybridized carbons (Fsp3) is 0.500. The van der Waals surface area contributed by atoms with Crippen molar-refractivity contribution in [1.29, 1.82) is 0 Å². The molecule has 0 aliphatic carbocycles. The molecular weight excluding hydrogens is 288 g/mol. The van der Waals surface area contributed by atoms with Gasteiger partial charge in [0.1, 0.15) is 0 Å². The van der Waals surface area contributed by atoms with E-state index < -0.39 is 0 Å². The third-order valence-electron chi connectivity index (χ3n) is 4.79. The summed E-state index contributed by atoms with van der Waals surface area (Å²) in [6.45, 7) is 2.27. The minimum atomic E-state index is 1.22. The molecule has 0 saturated carbocycles. The van der Waals surface area contributed by atoms with E-state index in [0.717, 1.165) is 0 Å². The average Bonchev–Trinajstić information content (AvgIpc) is 2.62. The Morgan fingerprint density at radius 3 is 2.12 bits per heavy atom. The zero-order valence-corrected chi connectivity index (χ0v) is 15.5. The van der Waals surface area contributed by atoms with E-state index >= 15 is 0 Å². The van der Waals surface area contributed by atoms with Gasteiger partial charge in [-0.15, -0.1) is 0 Å². The SMILES string of the molecule is CCCCC/C=C/CCCCCCCc1ccc2ccccc2c1. The maximum atomic E-state index is 2.39. The molecule has 0 unspecified atom stereocenters. The van der Waals surface area contributed by atoms with Crippen molar-refractivity contribution in [3.8, 4) is 0 Å². The first-order valence-electron chi connectivity index (χ1n) is 10.0. The van der Waals surface area contributed by atoms with Crippen molar-refractivity contribution in [2.75, 3.05) is 0 Å². The Balaban J connectivity index is 1.50. The third kappa shape index (κ3) is 7.34. The first-order valence-corrected chi connectivity index (χ1v) is 10.0. The van der Waals surface area contributed by atoms with Crippen LogP contribution in [0, 0.1) is 0 Å². The van der Waals surface area contributed by atoms with Crippen LogP contribution in [0.3, 0.4) is 0 Å². The Morgan fingerprint density at radius 2 is 1.33 bits per heavy atom. The molecule has 0 aromatic heterocycles. The number of hydrogen-bond donors (Lipinski definition) is 0. The topological polar surface area (TPSA) is 0 Å². The summed E-state index contributed by atoms with van der Waals surface area (Å²) in [6, 6.07) is 15.6. The molecule has 130 valence electrons. The molecule has 0 bridgehead atoms. The highest BCUT2D eigenvalue weighted by atomic mass is 14.0. The number of benzene rings is 2. The molecule has 0 heterocycles. The van der Waals surface area contributed by atoms with Gasteiger partial charge in [-0.05, 0) is 54.9 Å².